The molecule has 1 saturated carbocycles. The van der Waals surface area contributed by atoms with Gasteiger partial charge in [0.25, 0.3) is 0 Å². The Morgan fingerprint density at radius 3 is 2.61 bits per heavy atom. The van der Waals surface area contributed by atoms with E-state index < -0.39 is 0 Å². The molecule has 0 bridgehead atoms. The molecule has 3 aliphatic rings. The van der Waals surface area contributed by atoms with Crippen LogP contribution in [0.25, 0.3) is 0 Å². The van der Waals surface area contributed by atoms with Crippen molar-refractivity contribution in [3.8, 4) is 5.75 Å². The van der Waals surface area contributed by atoms with Gasteiger partial charge in [-0.25, -0.2) is 0 Å². The van der Waals surface area contributed by atoms with E-state index in [0.29, 0.717) is 5.92 Å². The van der Waals surface area contributed by atoms with Crippen molar-refractivity contribution in [2.45, 2.75) is 50.7 Å². The second kappa shape index (κ2) is 11.2. The largest absolute Gasteiger partial charge is 0.487 e. The van der Waals surface area contributed by atoms with Crippen LogP contribution in [-0.2, 0) is 0 Å². The van der Waals surface area contributed by atoms with Crippen LogP contribution in [0.4, 0.5) is 0 Å². The van der Waals surface area contributed by atoms with E-state index >= 15 is 0 Å². The van der Waals surface area contributed by atoms with Crippen LogP contribution in [0.15, 0.2) is 29.3 Å². The number of fused-ring (bicyclic) bond motifs is 1. The van der Waals surface area contributed by atoms with Gasteiger partial charge >= 0.3 is 0 Å². The van der Waals surface area contributed by atoms with E-state index in [9.17, 15) is 0 Å². The van der Waals surface area contributed by atoms with Crippen molar-refractivity contribution >= 4 is 29.9 Å². The van der Waals surface area contributed by atoms with Gasteiger partial charge in [-0.1, -0.05) is 25.1 Å². The molecule has 6 nitrogen and oxygen atoms in total. The molecule has 2 N–H and O–H groups in total. The molecular formula is C24H40IN5O. The quantitative estimate of drug-likeness (QED) is 0.340. The molecule has 7 heteroatoms. The predicted molar refractivity (Wildman–Crippen MR) is 139 cm³/mol. The average Bonchev–Trinajstić information content (AvgIpc) is 3.20. The summed E-state index contributed by atoms with van der Waals surface area (Å²) in [5, 5.41) is 7.30. The number of halogens is 1. The SMILES string of the molecule is CN=C(NCC(C)CN1CCN(C)CC1)NC1CC2(CCCC2)Oc2ccccc21.I. The number of hydrogen-bond donors (Lipinski definition) is 2. The standard InChI is InChI=1S/C24H39N5O.HI/c1-19(18-29-14-12-28(3)13-15-29)17-26-23(25-2)27-21-16-24(10-6-7-11-24)30-22-9-5-4-8-20(21)22;/h4-5,8-9,19,21H,6-7,10-18H2,1-3H3,(H2,25,26,27);1H. The Labute approximate surface area is 205 Å². The third-order valence-electron chi connectivity index (χ3n) is 7.03. The summed E-state index contributed by atoms with van der Waals surface area (Å²) in [5.41, 5.74) is 1.25. The summed E-state index contributed by atoms with van der Waals surface area (Å²) < 4.78 is 6.51. The summed E-state index contributed by atoms with van der Waals surface area (Å²) in [4.78, 5) is 9.53. The average molecular weight is 542 g/mol. The molecule has 0 amide bonds. The molecule has 1 aliphatic carbocycles. The van der Waals surface area contributed by atoms with Gasteiger partial charge in [-0.05, 0) is 44.7 Å². The Bertz CT molecular complexity index is 728. The van der Waals surface area contributed by atoms with Crippen LogP contribution in [0.1, 0.15) is 50.6 Å². The minimum Gasteiger partial charge on any atom is -0.487 e. The minimum absolute atomic E-state index is 0. The Morgan fingerprint density at radius 2 is 1.90 bits per heavy atom. The highest BCUT2D eigenvalue weighted by molar-refractivity contribution is 14.0. The molecule has 1 saturated heterocycles. The van der Waals surface area contributed by atoms with Crippen LogP contribution in [-0.4, -0.2) is 74.7 Å². The first-order valence-corrected chi connectivity index (χ1v) is 11.7. The lowest BCUT2D eigenvalue weighted by atomic mass is 9.86. The van der Waals surface area contributed by atoms with Crippen LogP contribution >= 0.6 is 24.0 Å². The Kier molecular flexibility index (Phi) is 8.87. The van der Waals surface area contributed by atoms with E-state index in [-0.39, 0.29) is 35.6 Å². The van der Waals surface area contributed by atoms with E-state index in [1.807, 2.05) is 7.05 Å². The van der Waals surface area contributed by atoms with Gasteiger partial charge < -0.3 is 25.2 Å². The van der Waals surface area contributed by atoms with Gasteiger partial charge in [0.1, 0.15) is 11.4 Å². The van der Waals surface area contributed by atoms with Gasteiger partial charge in [-0.15, -0.1) is 24.0 Å². The fourth-order valence-electron chi connectivity index (χ4n) is 5.24. The van der Waals surface area contributed by atoms with Crippen molar-refractivity contribution in [3.05, 3.63) is 29.8 Å². The van der Waals surface area contributed by atoms with Gasteiger partial charge in [0, 0.05) is 58.3 Å². The van der Waals surface area contributed by atoms with Crippen LogP contribution in [0.2, 0.25) is 0 Å². The van der Waals surface area contributed by atoms with Crippen molar-refractivity contribution in [2.75, 3.05) is 53.4 Å². The van der Waals surface area contributed by atoms with E-state index in [2.05, 4.69) is 63.7 Å². The summed E-state index contributed by atoms with van der Waals surface area (Å²) in [6.45, 7) is 9.10. The molecule has 2 fully saturated rings. The topological polar surface area (TPSA) is 52.1 Å². The maximum Gasteiger partial charge on any atom is 0.191 e. The first-order valence-electron chi connectivity index (χ1n) is 11.7. The van der Waals surface area contributed by atoms with E-state index in [4.69, 9.17) is 4.74 Å². The first kappa shape index (κ1) is 24.6. The van der Waals surface area contributed by atoms with Crippen molar-refractivity contribution in [2.24, 2.45) is 10.9 Å². The fraction of sp³-hybridized carbons (Fsp3) is 0.708. The number of nitrogens with one attached hydrogen (secondary N) is 2. The number of hydrogen-bond acceptors (Lipinski definition) is 4. The molecule has 0 aromatic heterocycles. The Hall–Kier alpha value is -1.06. The number of guanidine groups is 1. The van der Waals surface area contributed by atoms with Crippen LogP contribution < -0.4 is 15.4 Å². The normalized spacial score (nSPS) is 24.7. The maximum absolute atomic E-state index is 6.51. The van der Waals surface area contributed by atoms with Crippen LogP contribution in [0.3, 0.4) is 0 Å². The van der Waals surface area contributed by atoms with E-state index in [1.54, 1.807) is 0 Å². The third kappa shape index (κ3) is 6.26. The zero-order valence-corrected chi connectivity index (χ0v) is 21.7. The lowest BCUT2D eigenvalue weighted by molar-refractivity contribution is 0.0396. The van der Waals surface area contributed by atoms with Crippen molar-refractivity contribution < 1.29 is 4.74 Å². The molecule has 2 aliphatic heterocycles. The fourth-order valence-corrected chi connectivity index (χ4v) is 5.24. The molecule has 2 unspecified atom stereocenters. The molecule has 1 spiro atoms. The summed E-state index contributed by atoms with van der Waals surface area (Å²) in [6, 6.07) is 8.75. The lowest BCUT2D eigenvalue weighted by Crippen LogP contribution is -2.49. The lowest BCUT2D eigenvalue weighted by Gasteiger charge is -2.40. The number of nitrogens with zero attached hydrogens (tertiary/aromatic N) is 3. The highest BCUT2D eigenvalue weighted by Crippen LogP contribution is 2.46. The van der Waals surface area contributed by atoms with E-state index in [0.717, 1.165) is 44.1 Å². The molecule has 0 radical (unpaired) electrons. The molecule has 174 valence electrons. The second-order valence-corrected chi connectivity index (χ2v) is 9.59. The Morgan fingerprint density at radius 1 is 1.19 bits per heavy atom. The number of ether oxygens (including phenoxy) is 1. The first-order chi connectivity index (χ1) is 14.6. The number of para-hydroxylation sites is 1. The van der Waals surface area contributed by atoms with Crippen molar-refractivity contribution in [3.63, 3.8) is 0 Å². The monoisotopic (exact) mass is 541 g/mol. The summed E-state index contributed by atoms with van der Waals surface area (Å²) in [5.74, 6) is 2.52. The van der Waals surface area contributed by atoms with Gasteiger partial charge in [-0.2, -0.15) is 0 Å². The van der Waals surface area contributed by atoms with Crippen LogP contribution in [0.5, 0.6) is 5.75 Å². The molecule has 1 aromatic rings. The van der Waals surface area contributed by atoms with Gasteiger partial charge in [0.2, 0.25) is 0 Å². The highest BCUT2D eigenvalue weighted by atomic mass is 127. The van der Waals surface area contributed by atoms with Gasteiger partial charge in [0.15, 0.2) is 5.96 Å². The summed E-state index contributed by atoms with van der Waals surface area (Å²) >= 11 is 0. The zero-order valence-electron chi connectivity index (χ0n) is 19.4. The molecule has 4 rings (SSSR count). The minimum atomic E-state index is -0.000411. The Balaban J connectivity index is 0.00000272. The van der Waals surface area contributed by atoms with E-state index in [1.165, 1.54) is 44.6 Å². The smallest absolute Gasteiger partial charge is 0.191 e. The van der Waals surface area contributed by atoms with Crippen molar-refractivity contribution in [1.82, 2.24) is 20.4 Å². The maximum atomic E-state index is 6.51. The molecule has 2 heterocycles. The number of piperazine rings is 1. The summed E-state index contributed by atoms with van der Waals surface area (Å²) in [6.07, 6.45) is 5.88. The highest BCUT2D eigenvalue weighted by Gasteiger charge is 2.43. The summed E-state index contributed by atoms with van der Waals surface area (Å²) in [7, 11) is 4.08. The third-order valence-corrected chi connectivity index (χ3v) is 7.03. The number of rotatable bonds is 5. The second-order valence-electron chi connectivity index (χ2n) is 9.59. The van der Waals surface area contributed by atoms with Gasteiger partial charge in [-0.3, -0.25) is 4.99 Å². The van der Waals surface area contributed by atoms with Crippen LogP contribution in [0, 0.1) is 5.92 Å². The molecule has 31 heavy (non-hydrogen) atoms. The van der Waals surface area contributed by atoms with Gasteiger partial charge in [0.05, 0.1) is 6.04 Å². The molecular weight excluding hydrogens is 501 g/mol. The zero-order chi connectivity index (χ0) is 21.0. The number of likely N-dealkylation sites (N-methyl/N-ethyl adjacent to an activating group) is 1. The number of benzene rings is 1. The van der Waals surface area contributed by atoms with Crippen molar-refractivity contribution in [1.29, 1.82) is 0 Å². The predicted octanol–water partition coefficient (Wildman–Crippen LogP) is 3.49. The molecule has 2 atom stereocenters. The number of aliphatic imine (C=N–C) groups is 1. The molecule has 1 aromatic carbocycles.